The zero-order valence-electron chi connectivity index (χ0n) is 13.8. The molecule has 0 bridgehead atoms. The highest BCUT2D eigenvalue weighted by Gasteiger charge is 2.17. The van der Waals surface area contributed by atoms with E-state index in [1.54, 1.807) is 7.05 Å². The molecule has 128 valence electrons. The Balaban J connectivity index is 1.44. The first-order valence-corrected chi connectivity index (χ1v) is 8.13. The topological polar surface area (TPSA) is 80.2 Å². The van der Waals surface area contributed by atoms with E-state index in [2.05, 4.69) is 21.0 Å². The molecule has 1 aliphatic heterocycles. The van der Waals surface area contributed by atoms with Crippen LogP contribution in [0.3, 0.4) is 0 Å². The number of fused-ring (bicyclic) bond motifs is 1. The second-order valence-electron chi connectivity index (χ2n) is 5.89. The van der Waals surface area contributed by atoms with Crippen molar-refractivity contribution in [2.75, 3.05) is 32.1 Å². The number of nitrogens with one attached hydrogen (secondary N) is 3. The third kappa shape index (κ3) is 4.26. The van der Waals surface area contributed by atoms with Crippen molar-refractivity contribution < 1.29 is 9.53 Å². The highest BCUT2D eigenvalue weighted by atomic mass is 16.5. The second kappa shape index (κ2) is 7.83. The summed E-state index contributed by atoms with van der Waals surface area (Å²) in [5, 5.41) is 13.7. The van der Waals surface area contributed by atoms with Crippen molar-refractivity contribution in [1.82, 2.24) is 20.4 Å². The molecule has 1 amide bonds. The van der Waals surface area contributed by atoms with Gasteiger partial charge < -0.3 is 20.7 Å². The molecule has 0 saturated carbocycles. The molecule has 7 heteroatoms. The maximum atomic E-state index is 11.2. The van der Waals surface area contributed by atoms with Crippen LogP contribution >= 0.6 is 0 Å². The van der Waals surface area contributed by atoms with Crippen molar-refractivity contribution in [1.29, 1.82) is 0 Å². The number of hydrogen-bond donors (Lipinski definition) is 3. The van der Waals surface area contributed by atoms with E-state index in [4.69, 9.17) is 4.74 Å². The summed E-state index contributed by atoms with van der Waals surface area (Å²) < 4.78 is 7.47. The summed E-state index contributed by atoms with van der Waals surface area (Å²) >= 11 is 0. The molecule has 0 spiro atoms. The van der Waals surface area contributed by atoms with E-state index >= 15 is 0 Å². The van der Waals surface area contributed by atoms with Gasteiger partial charge in [0.2, 0.25) is 0 Å². The van der Waals surface area contributed by atoms with Crippen LogP contribution in [-0.4, -0.2) is 42.4 Å². The molecule has 1 atom stereocenters. The van der Waals surface area contributed by atoms with Crippen LogP contribution in [0.4, 0.5) is 5.82 Å². The number of carbonyl (C=O) groups is 1. The number of carbonyl (C=O) groups excluding carboxylic acids is 1. The average molecular weight is 329 g/mol. The van der Waals surface area contributed by atoms with Crippen LogP contribution in [0, 0.1) is 5.92 Å². The number of anilines is 1. The fourth-order valence-electron chi connectivity index (χ4n) is 2.71. The lowest BCUT2D eigenvalue weighted by Gasteiger charge is -2.25. The Morgan fingerprint density at radius 1 is 1.46 bits per heavy atom. The van der Waals surface area contributed by atoms with E-state index in [9.17, 15) is 4.79 Å². The lowest BCUT2D eigenvalue weighted by molar-refractivity contribution is -0.122. The molecule has 24 heavy (non-hydrogen) atoms. The molecule has 0 saturated heterocycles. The Morgan fingerprint density at radius 2 is 2.38 bits per heavy atom. The predicted molar refractivity (Wildman–Crippen MR) is 91.9 cm³/mol. The summed E-state index contributed by atoms with van der Waals surface area (Å²) in [6.45, 7) is 3.59. The first-order valence-electron chi connectivity index (χ1n) is 8.13. The summed E-state index contributed by atoms with van der Waals surface area (Å²) in [6, 6.07) is 9.80. The molecule has 1 aromatic heterocycles. The lowest BCUT2D eigenvalue weighted by atomic mass is 10.1. The van der Waals surface area contributed by atoms with Crippen molar-refractivity contribution in [2.24, 2.45) is 5.92 Å². The zero-order chi connectivity index (χ0) is 16.8. The van der Waals surface area contributed by atoms with Crippen molar-refractivity contribution in [3.63, 3.8) is 0 Å². The van der Waals surface area contributed by atoms with Crippen molar-refractivity contribution in [3.8, 4) is 5.75 Å². The number of rotatable bonds is 7. The van der Waals surface area contributed by atoms with Crippen LogP contribution in [0.2, 0.25) is 0 Å². The highest BCUT2D eigenvalue weighted by molar-refractivity contribution is 5.77. The molecule has 0 fully saturated rings. The maximum absolute atomic E-state index is 11.2. The standard InChI is InChI=1S/C17H23N5O2/c1-18-17(23)12-24-15-4-2-3-13(7-15)8-19-9-14-10-20-16-5-6-21-22(16)11-14/h2-7,14,19-20H,8-12H2,1H3,(H,18,23)/t14-/m1/s1. The molecular weight excluding hydrogens is 306 g/mol. The fraction of sp³-hybridized carbons (Fsp3) is 0.412. The van der Waals surface area contributed by atoms with Crippen LogP contribution in [0.5, 0.6) is 5.75 Å². The Morgan fingerprint density at radius 3 is 3.25 bits per heavy atom. The summed E-state index contributed by atoms with van der Waals surface area (Å²) in [5.74, 6) is 2.16. The highest BCUT2D eigenvalue weighted by Crippen LogP contribution is 2.16. The van der Waals surface area contributed by atoms with E-state index in [0.717, 1.165) is 37.6 Å². The summed E-state index contributed by atoms with van der Waals surface area (Å²) in [5.41, 5.74) is 1.13. The van der Waals surface area contributed by atoms with E-state index in [1.165, 1.54) is 0 Å². The quantitative estimate of drug-likeness (QED) is 0.701. The second-order valence-corrected chi connectivity index (χ2v) is 5.89. The number of likely N-dealkylation sites (N-methyl/N-ethyl adjacent to an activating group) is 1. The number of hydrogen-bond acceptors (Lipinski definition) is 5. The van der Waals surface area contributed by atoms with Gasteiger partial charge in [0.05, 0.1) is 6.20 Å². The van der Waals surface area contributed by atoms with Crippen LogP contribution in [0.15, 0.2) is 36.5 Å². The zero-order valence-corrected chi connectivity index (χ0v) is 13.8. The monoisotopic (exact) mass is 329 g/mol. The van der Waals surface area contributed by atoms with Gasteiger partial charge in [0.15, 0.2) is 6.61 Å². The summed E-state index contributed by atoms with van der Waals surface area (Å²) in [4.78, 5) is 11.2. The van der Waals surface area contributed by atoms with E-state index in [0.29, 0.717) is 11.7 Å². The summed E-state index contributed by atoms with van der Waals surface area (Å²) in [7, 11) is 1.60. The Labute approximate surface area is 141 Å². The minimum atomic E-state index is -0.138. The van der Waals surface area contributed by atoms with Gasteiger partial charge in [-0.05, 0) is 17.7 Å². The number of amides is 1. The molecule has 3 rings (SSSR count). The number of ether oxygens (including phenoxy) is 1. The fourth-order valence-corrected chi connectivity index (χ4v) is 2.71. The number of benzene rings is 1. The Hall–Kier alpha value is -2.54. The van der Waals surface area contributed by atoms with Gasteiger partial charge >= 0.3 is 0 Å². The van der Waals surface area contributed by atoms with Gasteiger partial charge in [-0.3, -0.25) is 4.79 Å². The third-order valence-corrected chi connectivity index (χ3v) is 4.03. The predicted octanol–water partition coefficient (Wildman–Crippen LogP) is 0.839. The molecule has 2 heterocycles. The van der Waals surface area contributed by atoms with Gasteiger partial charge in [0.1, 0.15) is 11.6 Å². The smallest absolute Gasteiger partial charge is 0.257 e. The van der Waals surface area contributed by atoms with Gasteiger partial charge in [-0.15, -0.1) is 0 Å². The van der Waals surface area contributed by atoms with Gasteiger partial charge in [-0.25, -0.2) is 4.68 Å². The first-order chi connectivity index (χ1) is 11.7. The summed E-state index contributed by atoms with van der Waals surface area (Å²) in [6.07, 6.45) is 1.82. The maximum Gasteiger partial charge on any atom is 0.257 e. The van der Waals surface area contributed by atoms with Crippen LogP contribution in [0.25, 0.3) is 0 Å². The number of aromatic nitrogens is 2. The normalized spacial score (nSPS) is 16.1. The minimum Gasteiger partial charge on any atom is -0.484 e. The molecule has 7 nitrogen and oxygen atoms in total. The molecule has 0 aliphatic carbocycles. The van der Waals surface area contributed by atoms with Gasteiger partial charge in [-0.1, -0.05) is 12.1 Å². The molecule has 1 aliphatic rings. The molecular formula is C17H23N5O2. The molecule has 0 unspecified atom stereocenters. The van der Waals surface area contributed by atoms with Crippen LogP contribution in [0.1, 0.15) is 5.56 Å². The molecule has 0 radical (unpaired) electrons. The van der Waals surface area contributed by atoms with Crippen molar-refractivity contribution >= 4 is 11.7 Å². The third-order valence-electron chi connectivity index (χ3n) is 4.03. The van der Waals surface area contributed by atoms with Crippen molar-refractivity contribution in [3.05, 3.63) is 42.1 Å². The minimum absolute atomic E-state index is 0.0350. The van der Waals surface area contributed by atoms with Crippen LogP contribution in [-0.2, 0) is 17.9 Å². The first kappa shape index (κ1) is 16.3. The van der Waals surface area contributed by atoms with Gasteiger partial charge in [-0.2, -0.15) is 5.10 Å². The van der Waals surface area contributed by atoms with Gasteiger partial charge in [0.25, 0.3) is 5.91 Å². The van der Waals surface area contributed by atoms with Crippen molar-refractivity contribution in [2.45, 2.75) is 13.1 Å². The molecule has 3 N–H and O–H groups in total. The van der Waals surface area contributed by atoms with Crippen LogP contribution < -0.4 is 20.7 Å². The van der Waals surface area contributed by atoms with E-state index in [-0.39, 0.29) is 12.5 Å². The lowest BCUT2D eigenvalue weighted by Crippen LogP contribution is -2.35. The van der Waals surface area contributed by atoms with E-state index < -0.39 is 0 Å². The average Bonchev–Trinajstić information content (AvgIpc) is 3.08. The number of nitrogens with zero attached hydrogens (tertiary/aromatic N) is 2. The Kier molecular flexibility index (Phi) is 5.32. The Bertz CT molecular complexity index is 685. The van der Waals surface area contributed by atoms with E-state index in [1.807, 2.05) is 41.2 Å². The molecule has 2 aromatic rings. The van der Waals surface area contributed by atoms with Gasteiger partial charge in [0, 0.05) is 45.2 Å². The molecule has 1 aromatic carbocycles. The SMILES string of the molecule is CNC(=O)COc1cccc(CNC[C@@H]2CNc3ccnn3C2)c1. The largest absolute Gasteiger partial charge is 0.484 e.